The van der Waals surface area contributed by atoms with Crippen LogP contribution in [0.4, 0.5) is 4.79 Å². The van der Waals surface area contributed by atoms with E-state index in [1.807, 2.05) is 30.3 Å². The van der Waals surface area contributed by atoms with Crippen LogP contribution in [-0.4, -0.2) is 19.4 Å². The van der Waals surface area contributed by atoms with Gasteiger partial charge in [0.15, 0.2) is 6.61 Å². The number of hydrogen-bond acceptors (Lipinski definition) is 4. The second-order valence-corrected chi connectivity index (χ2v) is 3.31. The molecule has 0 saturated carbocycles. The normalized spacial score (nSPS) is 17.2. The fourth-order valence-electron chi connectivity index (χ4n) is 1.30. The molecule has 0 bridgehead atoms. The first kappa shape index (κ1) is 10.7. The predicted octanol–water partition coefficient (Wildman–Crippen LogP) is 2.25. The van der Waals surface area contributed by atoms with E-state index in [4.69, 9.17) is 9.47 Å². The number of cyclic esters (lactones) is 2. The largest absolute Gasteiger partial charge is 0.514 e. The van der Waals surface area contributed by atoms with Crippen LogP contribution < -0.4 is 0 Å². The molecule has 4 nitrogen and oxygen atoms in total. The van der Waals surface area contributed by atoms with Gasteiger partial charge in [-0.2, -0.15) is 0 Å². The number of ether oxygens (including phenoxy) is 3. The fourth-order valence-corrected chi connectivity index (χ4v) is 1.30. The first-order valence-electron chi connectivity index (χ1n) is 5.00. The van der Waals surface area contributed by atoms with Crippen LogP contribution in [0.25, 0.3) is 0 Å². The van der Waals surface area contributed by atoms with Gasteiger partial charge in [0.25, 0.3) is 0 Å². The van der Waals surface area contributed by atoms with Crippen molar-refractivity contribution >= 4 is 6.16 Å². The zero-order valence-electron chi connectivity index (χ0n) is 8.72. The summed E-state index contributed by atoms with van der Waals surface area (Å²) in [5.74, 6) is 0.512. The van der Waals surface area contributed by atoms with E-state index >= 15 is 0 Å². The van der Waals surface area contributed by atoms with Crippen molar-refractivity contribution in [3.8, 4) is 0 Å². The third-order valence-corrected chi connectivity index (χ3v) is 2.09. The van der Waals surface area contributed by atoms with Crippen LogP contribution in [0.2, 0.25) is 0 Å². The molecule has 1 aromatic carbocycles. The third-order valence-electron chi connectivity index (χ3n) is 2.09. The number of hydrogen-bond donors (Lipinski definition) is 0. The van der Waals surface area contributed by atoms with Crippen molar-refractivity contribution in [1.82, 2.24) is 0 Å². The molecule has 1 heterocycles. The predicted molar refractivity (Wildman–Crippen MR) is 56.6 cm³/mol. The summed E-state index contributed by atoms with van der Waals surface area (Å²) in [4.78, 5) is 10.6. The van der Waals surface area contributed by atoms with Crippen LogP contribution in [0.3, 0.4) is 0 Å². The van der Waals surface area contributed by atoms with Gasteiger partial charge in [0.1, 0.15) is 5.76 Å². The number of benzene rings is 1. The highest BCUT2D eigenvalue weighted by Crippen LogP contribution is 2.09. The minimum atomic E-state index is -0.644. The average molecular weight is 220 g/mol. The van der Waals surface area contributed by atoms with E-state index in [0.29, 0.717) is 19.0 Å². The Kier molecular flexibility index (Phi) is 3.56. The van der Waals surface area contributed by atoms with Gasteiger partial charge in [0, 0.05) is 0 Å². The molecule has 2 rings (SSSR count). The van der Waals surface area contributed by atoms with Crippen LogP contribution in [0.15, 0.2) is 42.2 Å². The van der Waals surface area contributed by atoms with Gasteiger partial charge in [-0.3, -0.25) is 0 Å². The highest BCUT2D eigenvalue weighted by molar-refractivity contribution is 5.64. The maximum atomic E-state index is 10.6. The minimum Gasteiger partial charge on any atom is -0.426 e. The SMILES string of the molecule is O=C1OCC(=CCOCc2ccccc2)O1. The van der Waals surface area contributed by atoms with Crippen molar-refractivity contribution < 1.29 is 19.0 Å². The molecule has 0 radical (unpaired) electrons. The van der Waals surface area contributed by atoms with Crippen molar-refractivity contribution in [3.05, 3.63) is 47.7 Å². The van der Waals surface area contributed by atoms with Crippen molar-refractivity contribution in [2.45, 2.75) is 6.61 Å². The van der Waals surface area contributed by atoms with Crippen LogP contribution in [-0.2, 0) is 20.8 Å². The summed E-state index contributed by atoms with van der Waals surface area (Å²) in [7, 11) is 0. The molecule has 1 fully saturated rings. The van der Waals surface area contributed by atoms with E-state index in [1.165, 1.54) is 0 Å². The van der Waals surface area contributed by atoms with E-state index < -0.39 is 6.16 Å². The molecule has 0 spiro atoms. The highest BCUT2D eigenvalue weighted by atomic mass is 16.8. The topological polar surface area (TPSA) is 44.8 Å². The maximum Gasteiger partial charge on any atom is 0.514 e. The minimum absolute atomic E-state index is 0.202. The standard InChI is InChI=1S/C12H12O4/c13-12-15-9-11(16-12)6-7-14-8-10-4-2-1-3-5-10/h1-6H,7-9H2. The summed E-state index contributed by atoms with van der Waals surface area (Å²) in [5.41, 5.74) is 1.11. The van der Waals surface area contributed by atoms with Gasteiger partial charge >= 0.3 is 6.16 Å². The summed E-state index contributed by atoms with van der Waals surface area (Å²) in [5, 5.41) is 0. The van der Waals surface area contributed by atoms with E-state index in [9.17, 15) is 4.79 Å². The Morgan fingerprint density at radius 2 is 2.12 bits per heavy atom. The number of carbonyl (C=O) groups is 1. The van der Waals surface area contributed by atoms with Crippen molar-refractivity contribution in [2.75, 3.05) is 13.2 Å². The first-order valence-corrected chi connectivity index (χ1v) is 5.00. The molecule has 0 aliphatic carbocycles. The molecule has 1 aromatic rings. The Labute approximate surface area is 93.4 Å². The summed E-state index contributed by atoms with van der Waals surface area (Å²) in [6.07, 6.45) is 1.06. The van der Waals surface area contributed by atoms with E-state index in [-0.39, 0.29) is 6.61 Å². The Hall–Kier alpha value is -1.81. The lowest BCUT2D eigenvalue weighted by atomic mass is 10.2. The Bertz CT molecular complexity index is 383. The van der Waals surface area contributed by atoms with Crippen LogP contribution in [0.1, 0.15) is 5.56 Å². The van der Waals surface area contributed by atoms with Crippen LogP contribution >= 0.6 is 0 Å². The smallest absolute Gasteiger partial charge is 0.426 e. The van der Waals surface area contributed by atoms with Gasteiger partial charge in [0.2, 0.25) is 0 Å². The lowest BCUT2D eigenvalue weighted by Crippen LogP contribution is -1.95. The van der Waals surface area contributed by atoms with Gasteiger partial charge in [0.05, 0.1) is 13.2 Å². The summed E-state index contributed by atoms with van der Waals surface area (Å²) in [6, 6.07) is 9.87. The lowest BCUT2D eigenvalue weighted by molar-refractivity contribution is 0.134. The van der Waals surface area contributed by atoms with Gasteiger partial charge in [-0.15, -0.1) is 0 Å². The average Bonchev–Trinajstić information content (AvgIpc) is 2.72. The fraction of sp³-hybridized carbons (Fsp3) is 0.250. The van der Waals surface area contributed by atoms with Gasteiger partial charge in [-0.1, -0.05) is 30.3 Å². The summed E-state index contributed by atoms with van der Waals surface area (Å²) >= 11 is 0. The molecular weight excluding hydrogens is 208 g/mol. The lowest BCUT2D eigenvalue weighted by Gasteiger charge is -2.00. The summed E-state index contributed by atoms with van der Waals surface area (Å²) < 4.78 is 14.7. The molecule has 0 N–H and O–H groups in total. The number of carbonyl (C=O) groups excluding carboxylic acids is 1. The maximum absolute atomic E-state index is 10.6. The van der Waals surface area contributed by atoms with E-state index in [2.05, 4.69) is 4.74 Å². The molecule has 0 unspecified atom stereocenters. The Morgan fingerprint density at radius 1 is 1.31 bits per heavy atom. The highest BCUT2D eigenvalue weighted by Gasteiger charge is 2.17. The molecule has 1 aliphatic rings. The molecule has 84 valence electrons. The molecule has 1 saturated heterocycles. The molecule has 0 atom stereocenters. The summed E-state index contributed by atoms with van der Waals surface area (Å²) in [6.45, 7) is 1.15. The monoisotopic (exact) mass is 220 g/mol. The molecule has 16 heavy (non-hydrogen) atoms. The Balaban J connectivity index is 1.71. The quantitative estimate of drug-likeness (QED) is 0.576. The van der Waals surface area contributed by atoms with Crippen molar-refractivity contribution in [1.29, 1.82) is 0 Å². The zero-order valence-corrected chi connectivity index (χ0v) is 8.72. The Morgan fingerprint density at radius 3 is 2.81 bits per heavy atom. The molecule has 0 amide bonds. The van der Waals surface area contributed by atoms with Gasteiger partial charge in [-0.25, -0.2) is 4.79 Å². The van der Waals surface area contributed by atoms with E-state index in [1.54, 1.807) is 6.08 Å². The molecule has 4 heteroatoms. The van der Waals surface area contributed by atoms with Crippen molar-refractivity contribution in [2.24, 2.45) is 0 Å². The third kappa shape index (κ3) is 3.10. The van der Waals surface area contributed by atoms with Crippen LogP contribution in [0.5, 0.6) is 0 Å². The second kappa shape index (κ2) is 5.32. The van der Waals surface area contributed by atoms with Gasteiger partial charge in [-0.05, 0) is 11.6 Å². The van der Waals surface area contributed by atoms with Crippen molar-refractivity contribution in [3.63, 3.8) is 0 Å². The van der Waals surface area contributed by atoms with Gasteiger partial charge < -0.3 is 14.2 Å². The van der Waals surface area contributed by atoms with Crippen LogP contribution in [0, 0.1) is 0 Å². The molecule has 0 aromatic heterocycles. The number of rotatable bonds is 4. The molecule has 1 aliphatic heterocycles. The first-order chi connectivity index (χ1) is 7.84. The molecular formula is C12H12O4. The zero-order chi connectivity index (χ0) is 11.2. The second-order valence-electron chi connectivity index (χ2n) is 3.31. The van der Waals surface area contributed by atoms with E-state index in [0.717, 1.165) is 5.56 Å².